The molecule has 0 fully saturated rings. The quantitative estimate of drug-likeness (QED) is 0.674. The zero-order valence-corrected chi connectivity index (χ0v) is 15.7. The summed E-state index contributed by atoms with van der Waals surface area (Å²) in [5, 5.41) is 0.461. The number of hydrogen-bond acceptors (Lipinski definition) is 4. The van der Waals surface area contributed by atoms with Gasteiger partial charge in [0.05, 0.1) is 17.7 Å². The number of fused-ring (bicyclic) bond motifs is 1. The Morgan fingerprint density at radius 1 is 1.11 bits per heavy atom. The first-order valence-corrected chi connectivity index (χ1v) is 8.90. The minimum Gasteiger partial charge on any atom is -0.346 e. The third kappa shape index (κ3) is 3.09. The van der Waals surface area contributed by atoms with Crippen molar-refractivity contribution in [3.05, 3.63) is 70.6 Å². The Kier molecular flexibility index (Phi) is 4.42. The van der Waals surface area contributed by atoms with Gasteiger partial charge in [0.2, 0.25) is 0 Å². The summed E-state index contributed by atoms with van der Waals surface area (Å²) in [5.41, 5.74) is 11.8. The molecule has 1 aliphatic heterocycles. The van der Waals surface area contributed by atoms with Crippen LogP contribution in [-0.4, -0.2) is 23.3 Å². The van der Waals surface area contributed by atoms with E-state index in [0.29, 0.717) is 16.3 Å². The number of rotatable bonds is 2. The molecule has 0 bridgehead atoms. The Balaban J connectivity index is 1.94. The molecule has 27 heavy (non-hydrogen) atoms. The first kappa shape index (κ1) is 17.6. The van der Waals surface area contributed by atoms with Crippen LogP contribution in [0.15, 0.2) is 53.7 Å². The van der Waals surface area contributed by atoms with E-state index in [-0.39, 0.29) is 12.0 Å². The van der Waals surface area contributed by atoms with E-state index in [9.17, 15) is 4.39 Å². The zero-order valence-electron chi connectivity index (χ0n) is 14.9. The van der Waals surface area contributed by atoms with Gasteiger partial charge in [-0.25, -0.2) is 9.38 Å². The van der Waals surface area contributed by atoms with Crippen LogP contribution in [0, 0.1) is 12.7 Å². The lowest BCUT2D eigenvalue weighted by molar-refractivity contribution is 0.391. The molecule has 6 heteroatoms. The highest BCUT2D eigenvalue weighted by Gasteiger charge is 2.22. The molecule has 2 aromatic carbocycles. The fourth-order valence-corrected chi connectivity index (χ4v) is 3.48. The van der Waals surface area contributed by atoms with Crippen molar-refractivity contribution in [3.8, 4) is 22.4 Å². The van der Waals surface area contributed by atoms with E-state index in [1.807, 2.05) is 43.1 Å². The number of hydrogen-bond donors (Lipinski definition) is 1. The van der Waals surface area contributed by atoms with E-state index in [4.69, 9.17) is 17.3 Å². The number of benzene rings is 2. The first-order chi connectivity index (χ1) is 13.0. The number of aliphatic imine (C=N–C) groups is 1. The van der Waals surface area contributed by atoms with Crippen LogP contribution in [0.4, 0.5) is 10.1 Å². The van der Waals surface area contributed by atoms with Gasteiger partial charge in [-0.15, -0.1) is 0 Å². The van der Waals surface area contributed by atoms with Gasteiger partial charge in [0.1, 0.15) is 12.0 Å². The summed E-state index contributed by atoms with van der Waals surface area (Å²) in [5.74, 6) is -0.365. The number of nitrogens with two attached hydrogens (primary N) is 1. The Hall–Kier alpha value is -2.76. The highest BCUT2D eigenvalue weighted by Crippen LogP contribution is 2.39. The summed E-state index contributed by atoms with van der Waals surface area (Å²) in [6.45, 7) is 2.00. The summed E-state index contributed by atoms with van der Waals surface area (Å²) in [4.78, 5) is 10.7. The maximum Gasteiger partial charge on any atom is 0.132 e. The molecule has 1 aliphatic rings. The second kappa shape index (κ2) is 6.76. The highest BCUT2D eigenvalue weighted by molar-refractivity contribution is 6.30. The third-order valence-corrected chi connectivity index (χ3v) is 5.03. The highest BCUT2D eigenvalue weighted by atomic mass is 35.5. The Bertz CT molecular complexity index is 1060. The fraction of sp³-hybridized carbons (Fsp3) is 0.143. The topological polar surface area (TPSA) is 54.5 Å². The minimum absolute atomic E-state index is 0.292. The maximum atomic E-state index is 14.5. The summed E-state index contributed by atoms with van der Waals surface area (Å²) in [7, 11) is 1.88. The van der Waals surface area contributed by atoms with E-state index in [0.717, 1.165) is 27.9 Å². The molecule has 3 aromatic rings. The monoisotopic (exact) mass is 380 g/mol. The molecule has 1 aromatic heterocycles. The average molecular weight is 381 g/mol. The smallest absolute Gasteiger partial charge is 0.132 e. The van der Waals surface area contributed by atoms with E-state index in [2.05, 4.69) is 9.98 Å². The number of aryl methyl sites for hydroxylation is 1. The molecule has 0 saturated heterocycles. The largest absolute Gasteiger partial charge is 0.346 e. The molecule has 2 heterocycles. The number of nitrogens with zero attached hydrogens (tertiary/aromatic N) is 3. The van der Waals surface area contributed by atoms with Gasteiger partial charge in [-0.05, 0) is 54.4 Å². The van der Waals surface area contributed by atoms with Gasteiger partial charge in [0.25, 0.3) is 0 Å². The zero-order chi connectivity index (χ0) is 19.1. The second-order valence-corrected chi connectivity index (χ2v) is 7.04. The molecule has 0 spiro atoms. The molecule has 0 amide bonds. The summed E-state index contributed by atoms with van der Waals surface area (Å²) < 4.78 is 14.5. The summed E-state index contributed by atoms with van der Waals surface area (Å²) in [6.07, 6.45) is 3.08. The van der Waals surface area contributed by atoms with Gasteiger partial charge < -0.3 is 10.6 Å². The van der Waals surface area contributed by atoms with E-state index in [1.165, 1.54) is 12.1 Å². The van der Waals surface area contributed by atoms with Gasteiger partial charge >= 0.3 is 0 Å². The van der Waals surface area contributed by atoms with E-state index in [1.54, 1.807) is 18.6 Å². The number of halogens is 2. The van der Waals surface area contributed by atoms with Crippen molar-refractivity contribution in [2.75, 3.05) is 7.05 Å². The molecule has 0 aliphatic carbocycles. The minimum atomic E-state index is -0.365. The van der Waals surface area contributed by atoms with Crippen LogP contribution in [0.2, 0.25) is 5.02 Å². The number of pyridine rings is 1. The van der Waals surface area contributed by atoms with Gasteiger partial charge in [-0.1, -0.05) is 17.7 Å². The van der Waals surface area contributed by atoms with Crippen LogP contribution in [0.5, 0.6) is 0 Å². The van der Waals surface area contributed by atoms with Crippen molar-refractivity contribution in [2.24, 2.45) is 10.7 Å². The van der Waals surface area contributed by atoms with Crippen LogP contribution >= 0.6 is 11.6 Å². The standard InChI is InChI=1S/C21H18ClFN4/c1-12-8-19-17(21(24)27(2)11-26-19)10-15(12)14-4-3-7-25-20(14)16-9-13(22)5-6-18(16)23/h3-11,21H,24H2,1-2H3. The van der Waals surface area contributed by atoms with Gasteiger partial charge in [0, 0.05) is 35.0 Å². The van der Waals surface area contributed by atoms with Crippen LogP contribution in [0.25, 0.3) is 22.4 Å². The average Bonchev–Trinajstić information content (AvgIpc) is 2.67. The van der Waals surface area contributed by atoms with Crippen LogP contribution < -0.4 is 5.73 Å². The molecule has 0 radical (unpaired) electrons. The maximum absolute atomic E-state index is 14.5. The van der Waals surface area contributed by atoms with Gasteiger partial charge in [-0.2, -0.15) is 0 Å². The van der Waals surface area contributed by atoms with Crippen molar-refractivity contribution in [3.63, 3.8) is 0 Å². The lowest BCUT2D eigenvalue weighted by Gasteiger charge is -2.28. The molecule has 4 nitrogen and oxygen atoms in total. The van der Waals surface area contributed by atoms with Gasteiger partial charge in [0.15, 0.2) is 0 Å². The van der Waals surface area contributed by atoms with Gasteiger partial charge in [-0.3, -0.25) is 4.98 Å². The molecule has 0 saturated carbocycles. The van der Waals surface area contributed by atoms with E-state index >= 15 is 0 Å². The molecular formula is C21H18ClFN4. The lowest BCUT2D eigenvalue weighted by atomic mass is 9.92. The Morgan fingerprint density at radius 2 is 1.93 bits per heavy atom. The SMILES string of the molecule is Cc1cc2c(cc1-c1cccnc1-c1cc(Cl)ccc1F)C(N)N(C)C=N2. The van der Waals surface area contributed by atoms with E-state index < -0.39 is 0 Å². The molecule has 2 N–H and O–H groups in total. The lowest BCUT2D eigenvalue weighted by Crippen LogP contribution is -2.32. The van der Waals surface area contributed by atoms with Crippen molar-refractivity contribution in [2.45, 2.75) is 13.1 Å². The first-order valence-electron chi connectivity index (χ1n) is 8.53. The molecular weight excluding hydrogens is 363 g/mol. The molecule has 1 unspecified atom stereocenters. The Labute approximate surface area is 162 Å². The third-order valence-electron chi connectivity index (χ3n) is 4.79. The van der Waals surface area contributed by atoms with Crippen LogP contribution in [0.3, 0.4) is 0 Å². The summed E-state index contributed by atoms with van der Waals surface area (Å²) >= 11 is 6.09. The molecule has 136 valence electrons. The molecule has 1 atom stereocenters. The van der Waals surface area contributed by atoms with Crippen molar-refractivity contribution < 1.29 is 4.39 Å². The van der Waals surface area contributed by atoms with Crippen molar-refractivity contribution in [1.82, 2.24) is 9.88 Å². The van der Waals surface area contributed by atoms with Crippen LogP contribution in [-0.2, 0) is 0 Å². The van der Waals surface area contributed by atoms with Crippen LogP contribution in [0.1, 0.15) is 17.3 Å². The normalized spacial score (nSPS) is 15.7. The van der Waals surface area contributed by atoms with Crippen molar-refractivity contribution >= 4 is 23.6 Å². The predicted molar refractivity (Wildman–Crippen MR) is 108 cm³/mol. The summed E-state index contributed by atoms with van der Waals surface area (Å²) in [6, 6.07) is 12.3. The second-order valence-electron chi connectivity index (χ2n) is 6.60. The van der Waals surface area contributed by atoms with Crippen molar-refractivity contribution in [1.29, 1.82) is 0 Å². The Morgan fingerprint density at radius 3 is 2.74 bits per heavy atom. The fourth-order valence-electron chi connectivity index (χ4n) is 3.31. The number of aromatic nitrogens is 1. The predicted octanol–water partition coefficient (Wildman–Crippen LogP) is 5.08. The molecule has 4 rings (SSSR count).